The average Bonchev–Trinajstić information content (AvgIpc) is 2.82. The van der Waals surface area contributed by atoms with E-state index < -0.39 is 6.10 Å². The lowest BCUT2D eigenvalue weighted by Crippen LogP contribution is -2.28. The number of halogens is 1. The van der Waals surface area contributed by atoms with E-state index in [1.165, 1.54) is 6.42 Å². The Hall–Kier alpha value is -0.570. The van der Waals surface area contributed by atoms with E-state index >= 15 is 0 Å². The Bertz CT molecular complexity index is 324. The maximum atomic E-state index is 10.0. The smallest absolute Gasteiger partial charge is 0.0943 e. The third-order valence-electron chi connectivity index (χ3n) is 2.67. The van der Waals surface area contributed by atoms with Crippen molar-refractivity contribution in [3.63, 3.8) is 0 Å². The fraction of sp³-hybridized carbons (Fsp3) is 0.571. The molecule has 1 fully saturated rings. The summed E-state index contributed by atoms with van der Waals surface area (Å²) in [5.74, 6) is 0. The van der Waals surface area contributed by atoms with Crippen molar-refractivity contribution < 1.29 is 5.11 Å². The molecule has 17 heavy (non-hydrogen) atoms. The minimum atomic E-state index is -0.434. The van der Waals surface area contributed by atoms with Crippen LogP contribution in [0.4, 0.5) is 0 Å². The van der Waals surface area contributed by atoms with E-state index in [1.54, 1.807) is 0 Å². The van der Waals surface area contributed by atoms with Crippen LogP contribution in [0.5, 0.6) is 0 Å². The molecule has 1 aliphatic heterocycles. The van der Waals surface area contributed by atoms with Crippen molar-refractivity contribution in [1.29, 1.82) is 0 Å². The summed E-state index contributed by atoms with van der Waals surface area (Å²) in [6, 6.07) is 7.62. The number of aliphatic hydroxyl groups is 1. The molecule has 1 heterocycles. The van der Waals surface area contributed by atoms with E-state index in [9.17, 15) is 5.11 Å². The maximum Gasteiger partial charge on any atom is 0.0943 e. The molecule has 2 nitrogen and oxygen atoms in total. The molecule has 0 amide bonds. The van der Waals surface area contributed by atoms with Crippen molar-refractivity contribution in [2.24, 2.45) is 0 Å². The van der Waals surface area contributed by atoms with E-state index in [0.717, 1.165) is 24.9 Å². The molecule has 1 aliphatic rings. The summed E-state index contributed by atoms with van der Waals surface area (Å²) in [7, 11) is 0. The predicted octanol–water partition coefficient (Wildman–Crippen LogP) is 3.54. The molecule has 1 aromatic rings. The second kappa shape index (κ2) is 7.70. The summed E-state index contributed by atoms with van der Waals surface area (Å²) >= 11 is 5.86. The molecule has 0 radical (unpaired) electrons. The van der Waals surface area contributed by atoms with Gasteiger partial charge in [-0.3, -0.25) is 0 Å². The molecule has 0 aliphatic carbocycles. The zero-order chi connectivity index (χ0) is 12.7. The first kappa shape index (κ1) is 14.5. The van der Waals surface area contributed by atoms with Crippen molar-refractivity contribution >= 4 is 11.6 Å². The summed E-state index contributed by atoms with van der Waals surface area (Å²) in [5, 5.41) is 14.0. The molecule has 0 saturated carbocycles. The standard InChI is InChI=1S/C11H14ClNO.C3H8/c12-9-4-1-3-8(7-9)11(14)10-5-2-6-13-10;1-3-2/h1,3-4,7,10-11,13-14H,2,5-6H2;3H2,1-2H3. The van der Waals surface area contributed by atoms with E-state index in [1.807, 2.05) is 24.3 Å². The van der Waals surface area contributed by atoms with Gasteiger partial charge in [0, 0.05) is 11.1 Å². The molecule has 1 aromatic carbocycles. The van der Waals surface area contributed by atoms with E-state index in [4.69, 9.17) is 11.6 Å². The van der Waals surface area contributed by atoms with Crippen LogP contribution in [-0.2, 0) is 0 Å². The highest BCUT2D eigenvalue weighted by molar-refractivity contribution is 6.30. The van der Waals surface area contributed by atoms with Gasteiger partial charge in [-0.1, -0.05) is 44.0 Å². The Morgan fingerprint density at radius 2 is 2.18 bits per heavy atom. The highest BCUT2D eigenvalue weighted by Crippen LogP contribution is 2.24. The number of aliphatic hydroxyl groups excluding tert-OH is 1. The first-order valence-corrected chi connectivity index (χ1v) is 6.73. The van der Waals surface area contributed by atoms with E-state index in [-0.39, 0.29) is 6.04 Å². The number of nitrogens with one attached hydrogen (secondary N) is 1. The van der Waals surface area contributed by atoms with Crippen molar-refractivity contribution in [2.75, 3.05) is 6.54 Å². The van der Waals surface area contributed by atoms with E-state index in [0.29, 0.717) is 5.02 Å². The molecule has 2 N–H and O–H groups in total. The number of benzene rings is 1. The van der Waals surface area contributed by atoms with Crippen molar-refractivity contribution in [2.45, 2.75) is 45.3 Å². The average molecular weight is 256 g/mol. The van der Waals surface area contributed by atoms with Gasteiger partial charge in [-0.15, -0.1) is 0 Å². The lowest BCUT2D eigenvalue weighted by atomic mass is 10.0. The minimum Gasteiger partial charge on any atom is -0.387 e. The normalized spacial score (nSPS) is 20.6. The van der Waals surface area contributed by atoms with Gasteiger partial charge in [-0.25, -0.2) is 0 Å². The topological polar surface area (TPSA) is 32.3 Å². The van der Waals surface area contributed by atoms with Crippen LogP contribution in [0.3, 0.4) is 0 Å². The molecule has 0 aromatic heterocycles. The van der Waals surface area contributed by atoms with Crippen LogP contribution < -0.4 is 5.32 Å². The zero-order valence-electron chi connectivity index (χ0n) is 10.6. The monoisotopic (exact) mass is 255 g/mol. The number of hydrogen-bond acceptors (Lipinski definition) is 2. The molecule has 3 heteroatoms. The van der Waals surface area contributed by atoms with Crippen molar-refractivity contribution in [1.82, 2.24) is 5.32 Å². The second-order valence-corrected chi connectivity index (χ2v) is 4.85. The molecule has 2 atom stereocenters. The molecule has 0 bridgehead atoms. The maximum absolute atomic E-state index is 10.0. The first-order valence-electron chi connectivity index (χ1n) is 6.36. The Balaban J connectivity index is 0.000000437. The lowest BCUT2D eigenvalue weighted by Gasteiger charge is -2.18. The van der Waals surface area contributed by atoms with E-state index in [2.05, 4.69) is 19.2 Å². The van der Waals surface area contributed by atoms with Crippen LogP contribution in [0.1, 0.15) is 44.8 Å². The van der Waals surface area contributed by atoms with Gasteiger partial charge in [0.15, 0.2) is 0 Å². The summed E-state index contributed by atoms with van der Waals surface area (Å²) in [6.45, 7) is 5.25. The molecular weight excluding hydrogens is 234 g/mol. The van der Waals surface area contributed by atoms with Crippen LogP contribution in [0, 0.1) is 0 Å². The van der Waals surface area contributed by atoms with Gasteiger partial charge in [0.2, 0.25) is 0 Å². The SMILES string of the molecule is CCC.OC(c1cccc(Cl)c1)C1CCCN1. The van der Waals surface area contributed by atoms with Gasteiger partial charge >= 0.3 is 0 Å². The quantitative estimate of drug-likeness (QED) is 0.847. The molecule has 2 unspecified atom stereocenters. The highest BCUT2D eigenvalue weighted by Gasteiger charge is 2.23. The van der Waals surface area contributed by atoms with Gasteiger partial charge in [0.25, 0.3) is 0 Å². The lowest BCUT2D eigenvalue weighted by molar-refractivity contribution is 0.137. The third-order valence-corrected chi connectivity index (χ3v) is 2.90. The van der Waals surface area contributed by atoms with Gasteiger partial charge < -0.3 is 10.4 Å². The first-order chi connectivity index (χ1) is 8.19. The minimum absolute atomic E-state index is 0.188. The second-order valence-electron chi connectivity index (χ2n) is 4.41. The Kier molecular flexibility index (Phi) is 6.56. The summed E-state index contributed by atoms with van der Waals surface area (Å²) in [4.78, 5) is 0. The Labute approximate surface area is 109 Å². The molecule has 1 saturated heterocycles. The molecule has 96 valence electrons. The Morgan fingerprint density at radius 1 is 1.47 bits per heavy atom. The fourth-order valence-electron chi connectivity index (χ4n) is 1.90. The van der Waals surface area contributed by atoms with Crippen LogP contribution in [0.25, 0.3) is 0 Å². The molecular formula is C14H22ClNO. The van der Waals surface area contributed by atoms with Crippen LogP contribution in [-0.4, -0.2) is 17.7 Å². The number of rotatable bonds is 2. The van der Waals surface area contributed by atoms with Gasteiger partial charge in [0.1, 0.15) is 0 Å². The van der Waals surface area contributed by atoms with Gasteiger partial charge in [0.05, 0.1) is 6.10 Å². The Morgan fingerprint density at radius 3 is 2.71 bits per heavy atom. The number of hydrogen-bond donors (Lipinski definition) is 2. The van der Waals surface area contributed by atoms with Crippen molar-refractivity contribution in [3.05, 3.63) is 34.9 Å². The summed E-state index contributed by atoms with van der Waals surface area (Å²) < 4.78 is 0. The van der Waals surface area contributed by atoms with Crippen LogP contribution in [0.2, 0.25) is 5.02 Å². The third kappa shape index (κ3) is 4.66. The van der Waals surface area contributed by atoms with Crippen LogP contribution in [0.15, 0.2) is 24.3 Å². The summed E-state index contributed by atoms with van der Waals surface area (Å²) in [5.41, 5.74) is 0.900. The highest BCUT2D eigenvalue weighted by atomic mass is 35.5. The molecule has 0 spiro atoms. The van der Waals surface area contributed by atoms with Crippen molar-refractivity contribution in [3.8, 4) is 0 Å². The fourth-order valence-corrected chi connectivity index (χ4v) is 2.10. The van der Waals surface area contributed by atoms with Crippen LogP contribution >= 0.6 is 11.6 Å². The van der Waals surface area contributed by atoms with Gasteiger partial charge in [-0.05, 0) is 37.1 Å². The largest absolute Gasteiger partial charge is 0.387 e. The summed E-state index contributed by atoms with van der Waals surface area (Å²) in [6.07, 6.45) is 2.99. The zero-order valence-corrected chi connectivity index (χ0v) is 11.4. The predicted molar refractivity (Wildman–Crippen MR) is 73.4 cm³/mol. The molecule has 2 rings (SSSR count). The van der Waals surface area contributed by atoms with Gasteiger partial charge in [-0.2, -0.15) is 0 Å².